The molecule has 4 heteroatoms. The summed E-state index contributed by atoms with van der Waals surface area (Å²) in [4.78, 5) is 9.73. The third-order valence-electron chi connectivity index (χ3n) is 2.97. The highest BCUT2D eigenvalue weighted by molar-refractivity contribution is 4.88. The van der Waals surface area contributed by atoms with E-state index in [2.05, 4.69) is 27.2 Å². The van der Waals surface area contributed by atoms with Crippen molar-refractivity contribution in [3.05, 3.63) is 18.2 Å². The molecule has 0 aliphatic carbocycles. The number of nitrogens with one attached hydrogen (secondary N) is 2. The first-order valence-corrected chi connectivity index (χ1v) is 5.75. The quantitative estimate of drug-likeness (QED) is 0.763. The van der Waals surface area contributed by atoms with Crippen molar-refractivity contribution < 1.29 is 0 Å². The first kappa shape index (κ1) is 10.6. The van der Waals surface area contributed by atoms with Gasteiger partial charge in [-0.25, -0.2) is 4.98 Å². The molecule has 2 heterocycles. The van der Waals surface area contributed by atoms with Crippen LogP contribution >= 0.6 is 0 Å². The summed E-state index contributed by atoms with van der Waals surface area (Å²) >= 11 is 0. The second-order valence-corrected chi connectivity index (χ2v) is 4.34. The fraction of sp³-hybridized carbons (Fsp3) is 0.727. The van der Waals surface area contributed by atoms with Crippen LogP contribution in [0.2, 0.25) is 0 Å². The number of rotatable bonds is 4. The predicted octanol–water partition coefficient (Wildman–Crippen LogP) is 0.636. The average Bonchev–Trinajstić information content (AvgIpc) is 2.71. The maximum atomic E-state index is 4.21. The van der Waals surface area contributed by atoms with Crippen LogP contribution in [0.3, 0.4) is 0 Å². The molecule has 1 saturated heterocycles. The third-order valence-corrected chi connectivity index (χ3v) is 2.97. The molecule has 2 N–H and O–H groups in total. The van der Waals surface area contributed by atoms with Crippen molar-refractivity contribution in [2.75, 3.05) is 26.7 Å². The molecule has 0 saturated carbocycles. The summed E-state index contributed by atoms with van der Waals surface area (Å²) in [6.07, 6.45) is 7.30. The summed E-state index contributed by atoms with van der Waals surface area (Å²) in [5.41, 5.74) is 0. The molecule has 4 nitrogen and oxygen atoms in total. The van der Waals surface area contributed by atoms with Gasteiger partial charge in [0.25, 0.3) is 0 Å². The molecule has 2 rings (SSSR count). The van der Waals surface area contributed by atoms with Gasteiger partial charge in [0.2, 0.25) is 0 Å². The molecule has 1 unspecified atom stereocenters. The number of aromatic amines is 1. The summed E-state index contributed by atoms with van der Waals surface area (Å²) in [5.74, 6) is 1.08. The minimum Gasteiger partial charge on any atom is -0.349 e. The molecular weight excluding hydrogens is 188 g/mol. The highest BCUT2D eigenvalue weighted by Crippen LogP contribution is 2.07. The fourth-order valence-electron chi connectivity index (χ4n) is 2.16. The fourth-order valence-corrected chi connectivity index (χ4v) is 2.16. The van der Waals surface area contributed by atoms with Gasteiger partial charge in [-0.15, -0.1) is 0 Å². The molecule has 1 aliphatic heterocycles. The Bertz CT molecular complexity index is 270. The molecule has 0 spiro atoms. The topological polar surface area (TPSA) is 44.0 Å². The van der Waals surface area contributed by atoms with E-state index in [1.165, 1.54) is 25.9 Å². The number of imidazole rings is 1. The Morgan fingerprint density at radius 3 is 3.33 bits per heavy atom. The number of nitrogens with zero attached hydrogens (tertiary/aromatic N) is 2. The van der Waals surface area contributed by atoms with Crippen LogP contribution in [0, 0.1) is 0 Å². The Labute approximate surface area is 91.1 Å². The number of hydrogen-bond acceptors (Lipinski definition) is 3. The zero-order valence-electron chi connectivity index (χ0n) is 9.37. The second kappa shape index (κ2) is 5.28. The van der Waals surface area contributed by atoms with Crippen molar-refractivity contribution in [2.45, 2.75) is 25.3 Å². The monoisotopic (exact) mass is 208 g/mol. The second-order valence-electron chi connectivity index (χ2n) is 4.34. The number of likely N-dealkylation sites (N-methyl/N-ethyl adjacent to an activating group) is 1. The summed E-state index contributed by atoms with van der Waals surface area (Å²) in [5, 5.41) is 3.59. The van der Waals surface area contributed by atoms with Crippen molar-refractivity contribution in [3.8, 4) is 0 Å². The lowest BCUT2D eigenvalue weighted by Gasteiger charge is -2.30. The van der Waals surface area contributed by atoms with Crippen LogP contribution in [0.5, 0.6) is 0 Å². The van der Waals surface area contributed by atoms with E-state index in [1.807, 2.05) is 12.4 Å². The van der Waals surface area contributed by atoms with Crippen molar-refractivity contribution in [1.29, 1.82) is 0 Å². The number of H-pyrrole nitrogens is 1. The van der Waals surface area contributed by atoms with Crippen molar-refractivity contribution >= 4 is 0 Å². The molecule has 0 radical (unpaired) electrons. The summed E-state index contributed by atoms with van der Waals surface area (Å²) in [6.45, 7) is 3.44. The van der Waals surface area contributed by atoms with Crippen molar-refractivity contribution in [3.63, 3.8) is 0 Å². The summed E-state index contributed by atoms with van der Waals surface area (Å²) in [7, 11) is 2.19. The van der Waals surface area contributed by atoms with Gasteiger partial charge in [-0.3, -0.25) is 0 Å². The summed E-state index contributed by atoms with van der Waals surface area (Å²) in [6, 6.07) is 0.665. The Morgan fingerprint density at radius 2 is 2.60 bits per heavy atom. The van der Waals surface area contributed by atoms with Crippen molar-refractivity contribution in [2.24, 2.45) is 0 Å². The van der Waals surface area contributed by atoms with Crippen LogP contribution in [-0.4, -0.2) is 47.6 Å². The normalized spacial score (nSPS) is 23.1. The molecule has 1 fully saturated rings. The minimum atomic E-state index is 0.665. The van der Waals surface area contributed by atoms with Gasteiger partial charge in [0.1, 0.15) is 5.82 Å². The molecule has 15 heavy (non-hydrogen) atoms. The van der Waals surface area contributed by atoms with Crippen LogP contribution in [0.15, 0.2) is 12.4 Å². The van der Waals surface area contributed by atoms with Crippen LogP contribution in [-0.2, 0) is 6.42 Å². The van der Waals surface area contributed by atoms with Gasteiger partial charge >= 0.3 is 0 Å². The summed E-state index contributed by atoms with van der Waals surface area (Å²) < 4.78 is 0. The molecular formula is C11H20N4. The maximum absolute atomic E-state index is 4.21. The Balaban J connectivity index is 1.65. The Hall–Kier alpha value is -0.870. The van der Waals surface area contributed by atoms with Crippen LogP contribution < -0.4 is 5.32 Å². The highest BCUT2D eigenvalue weighted by Gasteiger charge is 2.15. The van der Waals surface area contributed by atoms with E-state index in [0.29, 0.717) is 6.04 Å². The van der Waals surface area contributed by atoms with Gasteiger partial charge < -0.3 is 15.2 Å². The van der Waals surface area contributed by atoms with Gasteiger partial charge in [0.15, 0.2) is 0 Å². The lowest BCUT2D eigenvalue weighted by atomic mass is 10.1. The number of piperidine rings is 1. The van der Waals surface area contributed by atoms with E-state index in [9.17, 15) is 0 Å². The molecule has 1 atom stereocenters. The molecule has 84 valence electrons. The third kappa shape index (κ3) is 3.32. The van der Waals surface area contributed by atoms with Gasteiger partial charge in [0, 0.05) is 37.9 Å². The van der Waals surface area contributed by atoms with E-state index in [4.69, 9.17) is 0 Å². The smallest absolute Gasteiger partial charge is 0.107 e. The van der Waals surface area contributed by atoms with E-state index >= 15 is 0 Å². The lowest BCUT2D eigenvalue weighted by molar-refractivity contribution is 0.228. The van der Waals surface area contributed by atoms with Gasteiger partial charge in [-0.2, -0.15) is 0 Å². The number of hydrogen-bond donors (Lipinski definition) is 2. The average molecular weight is 208 g/mol. The maximum Gasteiger partial charge on any atom is 0.107 e. The van der Waals surface area contributed by atoms with Crippen LogP contribution in [0.4, 0.5) is 0 Å². The largest absolute Gasteiger partial charge is 0.349 e. The highest BCUT2D eigenvalue weighted by atomic mass is 15.1. The molecule has 1 aliphatic rings. The van der Waals surface area contributed by atoms with E-state index in [1.54, 1.807) is 0 Å². The van der Waals surface area contributed by atoms with E-state index in [0.717, 1.165) is 18.8 Å². The van der Waals surface area contributed by atoms with Gasteiger partial charge in [-0.05, 0) is 26.4 Å². The SMILES string of the molecule is CN1CCCC(NCCc2ncc[nH]2)C1. The van der Waals surface area contributed by atoms with Gasteiger partial charge in [-0.1, -0.05) is 0 Å². The van der Waals surface area contributed by atoms with Crippen LogP contribution in [0.1, 0.15) is 18.7 Å². The Kier molecular flexibility index (Phi) is 3.75. The molecule has 0 amide bonds. The molecule has 1 aromatic heterocycles. The minimum absolute atomic E-state index is 0.665. The standard InChI is InChI=1S/C11H20N4/c1-15-8-2-3-10(9-15)12-5-4-11-13-6-7-14-11/h6-7,10,12H,2-5,8-9H2,1H3,(H,13,14). The zero-order valence-corrected chi connectivity index (χ0v) is 9.37. The first-order valence-electron chi connectivity index (χ1n) is 5.75. The lowest BCUT2D eigenvalue weighted by Crippen LogP contribution is -2.44. The molecule has 0 bridgehead atoms. The predicted molar refractivity (Wildman–Crippen MR) is 60.8 cm³/mol. The molecule has 0 aromatic carbocycles. The zero-order chi connectivity index (χ0) is 10.5. The Morgan fingerprint density at radius 1 is 1.67 bits per heavy atom. The van der Waals surface area contributed by atoms with E-state index in [-0.39, 0.29) is 0 Å². The first-order chi connectivity index (χ1) is 7.34. The molecule has 1 aromatic rings. The number of likely N-dealkylation sites (tertiary alicyclic amines) is 1. The van der Waals surface area contributed by atoms with E-state index < -0.39 is 0 Å². The van der Waals surface area contributed by atoms with Gasteiger partial charge in [0.05, 0.1) is 0 Å². The van der Waals surface area contributed by atoms with Crippen molar-refractivity contribution in [1.82, 2.24) is 20.2 Å². The number of aromatic nitrogens is 2. The van der Waals surface area contributed by atoms with Crippen LogP contribution in [0.25, 0.3) is 0 Å².